The number of hydrogen-bond acceptors (Lipinski definition) is 3. The molecule has 1 atom stereocenters. The molecule has 0 aliphatic carbocycles. The smallest absolute Gasteiger partial charge is 0.418 e. The molecule has 0 heterocycles. The van der Waals surface area contributed by atoms with Crippen LogP contribution in [0.3, 0.4) is 0 Å². The SMILES string of the molecule is NC[C@@](O)(CCC(=O)O)C(F)(F)F. The number of hydrogen-bond donors (Lipinski definition) is 3. The van der Waals surface area contributed by atoms with E-state index in [2.05, 4.69) is 0 Å². The lowest BCUT2D eigenvalue weighted by Gasteiger charge is -2.28. The minimum atomic E-state index is -4.89. The number of carboxylic acids is 1. The van der Waals surface area contributed by atoms with Crippen LogP contribution in [-0.4, -0.2) is 34.5 Å². The lowest BCUT2D eigenvalue weighted by molar-refractivity contribution is -0.258. The predicted octanol–water partition coefficient (Wildman–Crippen LogP) is 0.103. The molecule has 0 aromatic rings. The van der Waals surface area contributed by atoms with Gasteiger partial charge >= 0.3 is 12.1 Å². The van der Waals surface area contributed by atoms with Crippen molar-refractivity contribution < 1.29 is 28.2 Å². The molecule has 0 unspecified atom stereocenters. The highest BCUT2D eigenvalue weighted by Gasteiger charge is 2.52. The van der Waals surface area contributed by atoms with E-state index in [1.807, 2.05) is 0 Å². The van der Waals surface area contributed by atoms with Gasteiger partial charge in [0.25, 0.3) is 0 Å². The molecular formula is C6H10F3NO3. The monoisotopic (exact) mass is 201 g/mol. The maximum atomic E-state index is 12.0. The summed E-state index contributed by atoms with van der Waals surface area (Å²) in [6.45, 7) is -1.04. The fourth-order valence-corrected chi connectivity index (χ4v) is 0.673. The molecule has 0 bridgehead atoms. The van der Waals surface area contributed by atoms with Gasteiger partial charge in [0.15, 0.2) is 5.60 Å². The average molecular weight is 201 g/mol. The van der Waals surface area contributed by atoms with Crippen molar-refractivity contribution in [3.63, 3.8) is 0 Å². The van der Waals surface area contributed by atoms with Crippen molar-refractivity contribution in [2.24, 2.45) is 5.73 Å². The Morgan fingerprint density at radius 2 is 1.85 bits per heavy atom. The molecule has 78 valence electrons. The third-order valence-electron chi connectivity index (χ3n) is 1.62. The molecule has 0 fully saturated rings. The van der Waals surface area contributed by atoms with E-state index in [0.717, 1.165) is 0 Å². The molecule has 0 saturated heterocycles. The Hall–Kier alpha value is -0.820. The lowest BCUT2D eigenvalue weighted by atomic mass is 9.97. The van der Waals surface area contributed by atoms with Crippen molar-refractivity contribution in [3.05, 3.63) is 0 Å². The molecule has 0 saturated carbocycles. The summed E-state index contributed by atoms with van der Waals surface area (Å²) in [6, 6.07) is 0. The molecular weight excluding hydrogens is 191 g/mol. The Balaban J connectivity index is 4.38. The van der Waals surface area contributed by atoms with Crippen molar-refractivity contribution in [1.29, 1.82) is 0 Å². The van der Waals surface area contributed by atoms with Gasteiger partial charge in [0.05, 0.1) is 0 Å². The number of carbonyl (C=O) groups is 1. The third-order valence-corrected chi connectivity index (χ3v) is 1.62. The second kappa shape index (κ2) is 3.93. The first-order chi connectivity index (χ1) is 5.73. The van der Waals surface area contributed by atoms with E-state index in [9.17, 15) is 18.0 Å². The summed E-state index contributed by atoms with van der Waals surface area (Å²) in [4.78, 5) is 9.97. The minimum absolute atomic E-state index is 0.771. The molecule has 0 spiro atoms. The molecule has 0 rings (SSSR count). The zero-order valence-corrected chi connectivity index (χ0v) is 6.64. The quantitative estimate of drug-likeness (QED) is 0.602. The highest BCUT2D eigenvalue weighted by molar-refractivity contribution is 5.66. The summed E-state index contributed by atoms with van der Waals surface area (Å²) in [6.07, 6.45) is -6.59. The fourth-order valence-electron chi connectivity index (χ4n) is 0.673. The molecule has 13 heavy (non-hydrogen) atoms. The van der Waals surface area contributed by atoms with E-state index in [-0.39, 0.29) is 0 Å². The van der Waals surface area contributed by atoms with Crippen LogP contribution in [-0.2, 0) is 4.79 Å². The van der Waals surface area contributed by atoms with Crippen molar-refractivity contribution in [3.8, 4) is 0 Å². The van der Waals surface area contributed by atoms with E-state index in [1.165, 1.54) is 0 Å². The first-order valence-corrected chi connectivity index (χ1v) is 3.44. The van der Waals surface area contributed by atoms with Crippen molar-refractivity contribution >= 4 is 5.97 Å². The normalized spacial score (nSPS) is 16.7. The van der Waals surface area contributed by atoms with Gasteiger partial charge < -0.3 is 15.9 Å². The molecule has 4 N–H and O–H groups in total. The topological polar surface area (TPSA) is 83.5 Å². The van der Waals surface area contributed by atoms with Gasteiger partial charge in [-0.15, -0.1) is 0 Å². The second-order valence-electron chi connectivity index (χ2n) is 2.63. The molecule has 0 radical (unpaired) electrons. The average Bonchev–Trinajstić information content (AvgIpc) is 1.98. The number of aliphatic carboxylic acids is 1. The molecule has 0 aliphatic heterocycles. The van der Waals surface area contributed by atoms with Gasteiger partial charge in [-0.05, 0) is 6.42 Å². The van der Waals surface area contributed by atoms with Crippen LogP contribution in [0.1, 0.15) is 12.8 Å². The Morgan fingerprint density at radius 1 is 1.38 bits per heavy atom. The van der Waals surface area contributed by atoms with Crippen molar-refractivity contribution in [2.45, 2.75) is 24.6 Å². The molecule has 7 heteroatoms. The summed E-state index contributed by atoms with van der Waals surface area (Å²) in [5.41, 5.74) is 1.62. The molecule has 0 amide bonds. The Kier molecular flexibility index (Phi) is 3.68. The van der Waals surface area contributed by atoms with Crippen LogP contribution in [0.25, 0.3) is 0 Å². The Labute approximate surface area is 72.2 Å². The summed E-state index contributed by atoms with van der Waals surface area (Å²) in [5, 5.41) is 17.0. The van der Waals surface area contributed by atoms with E-state index >= 15 is 0 Å². The third kappa shape index (κ3) is 3.19. The Morgan fingerprint density at radius 3 is 2.08 bits per heavy atom. The van der Waals surface area contributed by atoms with Crippen molar-refractivity contribution in [1.82, 2.24) is 0 Å². The van der Waals surface area contributed by atoms with Crippen LogP contribution < -0.4 is 5.73 Å². The van der Waals surface area contributed by atoms with Gasteiger partial charge in [-0.25, -0.2) is 0 Å². The number of alkyl halides is 3. The molecule has 4 nitrogen and oxygen atoms in total. The highest BCUT2D eigenvalue weighted by atomic mass is 19.4. The Bertz CT molecular complexity index is 194. The summed E-state index contributed by atoms with van der Waals surface area (Å²) in [7, 11) is 0. The van der Waals surface area contributed by atoms with Crippen LogP contribution in [0.15, 0.2) is 0 Å². The predicted molar refractivity (Wildman–Crippen MR) is 36.9 cm³/mol. The number of nitrogens with two attached hydrogens (primary N) is 1. The number of halogens is 3. The maximum Gasteiger partial charge on any atom is 0.418 e. The van der Waals surface area contributed by atoms with Gasteiger partial charge in [-0.3, -0.25) is 4.79 Å². The van der Waals surface area contributed by atoms with E-state index in [1.54, 1.807) is 0 Å². The second-order valence-corrected chi connectivity index (χ2v) is 2.63. The first kappa shape index (κ1) is 12.2. The molecule has 0 aliphatic rings. The van der Waals surface area contributed by atoms with Gasteiger partial charge in [-0.1, -0.05) is 0 Å². The first-order valence-electron chi connectivity index (χ1n) is 3.44. The number of rotatable bonds is 4. The van der Waals surface area contributed by atoms with E-state index in [4.69, 9.17) is 15.9 Å². The van der Waals surface area contributed by atoms with Crippen LogP contribution in [0.2, 0.25) is 0 Å². The summed E-state index contributed by atoms with van der Waals surface area (Å²) < 4.78 is 36.1. The van der Waals surface area contributed by atoms with Gasteiger partial charge in [0.1, 0.15) is 0 Å². The number of aliphatic hydroxyl groups is 1. The number of carboxylic acid groups (broad SMARTS) is 1. The largest absolute Gasteiger partial charge is 0.481 e. The zero-order chi connectivity index (χ0) is 10.7. The van der Waals surface area contributed by atoms with Gasteiger partial charge in [-0.2, -0.15) is 13.2 Å². The van der Waals surface area contributed by atoms with E-state index in [0.29, 0.717) is 0 Å². The molecule has 0 aromatic carbocycles. The maximum absolute atomic E-state index is 12.0. The van der Waals surface area contributed by atoms with Crippen LogP contribution in [0.5, 0.6) is 0 Å². The summed E-state index contributed by atoms with van der Waals surface area (Å²) in [5.74, 6) is -1.41. The van der Waals surface area contributed by atoms with Gasteiger partial charge in [0.2, 0.25) is 0 Å². The fraction of sp³-hybridized carbons (Fsp3) is 0.833. The lowest BCUT2D eigenvalue weighted by Crippen LogP contribution is -2.51. The van der Waals surface area contributed by atoms with Crippen LogP contribution >= 0.6 is 0 Å². The van der Waals surface area contributed by atoms with Crippen molar-refractivity contribution in [2.75, 3.05) is 6.54 Å². The van der Waals surface area contributed by atoms with Crippen LogP contribution in [0, 0.1) is 0 Å². The zero-order valence-electron chi connectivity index (χ0n) is 6.64. The highest BCUT2D eigenvalue weighted by Crippen LogP contribution is 2.33. The van der Waals surface area contributed by atoms with E-state index < -0.39 is 37.1 Å². The van der Waals surface area contributed by atoms with Gasteiger partial charge in [0, 0.05) is 13.0 Å². The minimum Gasteiger partial charge on any atom is -0.481 e. The standard InChI is InChI=1S/C6H10F3NO3/c7-6(8,9)5(13,3-10)2-1-4(11)12/h13H,1-3,10H2,(H,11,12)/t5-/m0/s1. The van der Waals surface area contributed by atoms with Crippen LogP contribution in [0.4, 0.5) is 13.2 Å². The molecule has 0 aromatic heterocycles. The summed E-state index contributed by atoms with van der Waals surface area (Å²) >= 11 is 0.